The van der Waals surface area contributed by atoms with Gasteiger partial charge in [-0.3, -0.25) is 9.67 Å². The number of imidazole rings is 1. The predicted molar refractivity (Wildman–Crippen MR) is 94.0 cm³/mol. The summed E-state index contributed by atoms with van der Waals surface area (Å²) in [5.74, 6) is 0.841. The van der Waals surface area contributed by atoms with Crippen molar-refractivity contribution in [2.75, 3.05) is 20.3 Å². The zero-order valence-corrected chi connectivity index (χ0v) is 14.3. The Kier molecular flexibility index (Phi) is 4.58. The second kappa shape index (κ2) is 7.16. The maximum atomic E-state index is 5.45. The molecule has 0 aliphatic carbocycles. The number of hydrogen-bond acceptors (Lipinski definition) is 5. The van der Waals surface area contributed by atoms with Crippen LogP contribution in [0.3, 0.4) is 0 Å². The van der Waals surface area contributed by atoms with Gasteiger partial charge in [0.1, 0.15) is 11.7 Å². The number of pyridine rings is 1. The summed E-state index contributed by atoms with van der Waals surface area (Å²) >= 11 is 0. The highest BCUT2D eigenvalue weighted by Gasteiger charge is 2.21. The Labute approximate surface area is 146 Å². The lowest BCUT2D eigenvalue weighted by Crippen LogP contribution is -2.18. The molecule has 1 aliphatic heterocycles. The summed E-state index contributed by atoms with van der Waals surface area (Å²) in [7, 11) is 1.71. The Morgan fingerprint density at radius 3 is 3.08 bits per heavy atom. The number of rotatable bonds is 5. The van der Waals surface area contributed by atoms with E-state index in [4.69, 9.17) is 9.84 Å². The summed E-state index contributed by atoms with van der Waals surface area (Å²) in [5.41, 5.74) is 3.04. The van der Waals surface area contributed by atoms with Crippen LogP contribution >= 0.6 is 0 Å². The van der Waals surface area contributed by atoms with E-state index < -0.39 is 0 Å². The van der Waals surface area contributed by atoms with E-state index in [1.54, 1.807) is 13.3 Å². The number of fused-ring (bicyclic) bond motifs is 1. The fraction of sp³-hybridized carbons (Fsp3) is 0.389. The lowest BCUT2D eigenvalue weighted by Gasteiger charge is -2.19. The van der Waals surface area contributed by atoms with Gasteiger partial charge in [-0.05, 0) is 31.2 Å². The molecule has 0 spiro atoms. The van der Waals surface area contributed by atoms with E-state index >= 15 is 0 Å². The van der Waals surface area contributed by atoms with E-state index in [1.807, 2.05) is 30.6 Å². The molecule has 25 heavy (non-hydrogen) atoms. The summed E-state index contributed by atoms with van der Waals surface area (Å²) in [6.07, 6.45) is 6.67. The smallest absolute Gasteiger partial charge is 0.161 e. The summed E-state index contributed by atoms with van der Waals surface area (Å²) in [4.78, 5) is 9.07. The van der Waals surface area contributed by atoms with Crippen molar-refractivity contribution in [1.82, 2.24) is 29.6 Å². The number of hydrogen-bond donors (Lipinski definition) is 1. The summed E-state index contributed by atoms with van der Waals surface area (Å²) in [6, 6.07) is 8.01. The van der Waals surface area contributed by atoms with E-state index in [-0.39, 0.29) is 6.04 Å². The van der Waals surface area contributed by atoms with Crippen LogP contribution in [0.4, 0.5) is 0 Å². The fourth-order valence-electron chi connectivity index (χ4n) is 3.27. The maximum Gasteiger partial charge on any atom is 0.161 e. The molecule has 4 rings (SSSR count). The molecule has 1 aliphatic rings. The minimum Gasteiger partial charge on any atom is -0.382 e. The van der Waals surface area contributed by atoms with Crippen LogP contribution in [0.15, 0.2) is 42.9 Å². The van der Waals surface area contributed by atoms with E-state index in [0.29, 0.717) is 6.61 Å². The molecule has 7 nitrogen and oxygen atoms in total. The molecule has 3 aromatic rings. The van der Waals surface area contributed by atoms with Crippen LogP contribution in [0.5, 0.6) is 0 Å². The number of nitrogens with one attached hydrogen (secondary N) is 1. The zero-order chi connectivity index (χ0) is 17.1. The van der Waals surface area contributed by atoms with Gasteiger partial charge in [0.2, 0.25) is 0 Å². The molecule has 7 heteroatoms. The average molecular weight is 338 g/mol. The van der Waals surface area contributed by atoms with Crippen molar-refractivity contribution in [3.05, 3.63) is 54.2 Å². The molecule has 0 aromatic carbocycles. The second-order valence-corrected chi connectivity index (χ2v) is 6.16. The molecule has 4 heterocycles. The molecule has 0 saturated carbocycles. The van der Waals surface area contributed by atoms with Crippen molar-refractivity contribution in [3.63, 3.8) is 0 Å². The van der Waals surface area contributed by atoms with Gasteiger partial charge < -0.3 is 14.6 Å². The fourth-order valence-corrected chi connectivity index (χ4v) is 3.27. The molecule has 1 atom stereocenters. The molecule has 1 N–H and O–H groups in total. The quantitative estimate of drug-likeness (QED) is 0.769. The summed E-state index contributed by atoms with van der Waals surface area (Å²) in [5, 5.41) is 8.21. The minimum absolute atomic E-state index is 0.0386. The van der Waals surface area contributed by atoms with Gasteiger partial charge in [0.15, 0.2) is 5.82 Å². The van der Waals surface area contributed by atoms with E-state index in [1.165, 1.54) is 5.69 Å². The van der Waals surface area contributed by atoms with Crippen LogP contribution in [0, 0.1) is 0 Å². The Hall–Kier alpha value is -2.51. The molecule has 0 saturated heterocycles. The molecule has 3 aromatic heterocycles. The first-order chi connectivity index (χ1) is 12.4. The summed E-state index contributed by atoms with van der Waals surface area (Å²) < 4.78 is 9.63. The van der Waals surface area contributed by atoms with E-state index in [0.717, 1.165) is 43.3 Å². The molecular weight excluding hydrogens is 316 g/mol. The molecule has 0 fully saturated rings. The highest BCUT2D eigenvalue weighted by Crippen LogP contribution is 2.25. The number of aromatic nitrogens is 5. The largest absolute Gasteiger partial charge is 0.382 e. The van der Waals surface area contributed by atoms with Gasteiger partial charge >= 0.3 is 0 Å². The van der Waals surface area contributed by atoms with Crippen LogP contribution in [0.2, 0.25) is 0 Å². The van der Waals surface area contributed by atoms with Gasteiger partial charge in [-0.1, -0.05) is 6.07 Å². The molecule has 0 amide bonds. The first kappa shape index (κ1) is 16.0. The van der Waals surface area contributed by atoms with Crippen molar-refractivity contribution in [2.45, 2.75) is 25.6 Å². The predicted octanol–water partition coefficient (Wildman–Crippen LogP) is 1.87. The topological polar surface area (TPSA) is 69.8 Å². The Balaban J connectivity index is 1.72. The van der Waals surface area contributed by atoms with Gasteiger partial charge in [-0.25, -0.2) is 4.98 Å². The summed E-state index contributed by atoms with van der Waals surface area (Å²) in [6.45, 7) is 3.33. The standard InChI is InChI=1S/C18H22N6O/c1-25-13-17(15-5-2-3-7-20-15)23-10-8-21-18(23)16-11-14-12-19-6-4-9-24(14)22-16/h2-3,5,7-8,10-11,17,19H,4,6,9,12-13H2,1H3. The van der Waals surface area contributed by atoms with Gasteiger partial charge in [-0.2, -0.15) is 5.10 Å². The molecule has 0 radical (unpaired) electrons. The van der Waals surface area contributed by atoms with Gasteiger partial charge in [0, 0.05) is 38.8 Å². The Bertz CT molecular complexity index is 802. The normalized spacial score (nSPS) is 15.6. The highest BCUT2D eigenvalue weighted by molar-refractivity contribution is 5.51. The van der Waals surface area contributed by atoms with E-state index in [2.05, 4.69) is 30.6 Å². The lowest BCUT2D eigenvalue weighted by atomic mass is 10.2. The van der Waals surface area contributed by atoms with Crippen molar-refractivity contribution in [3.8, 4) is 11.5 Å². The van der Waals surface area contributed by atoms with Gasteiger partial charge in [0.25, 0.3) is 0 Å². The Morgan fingerprint density at radius 1 is 1.28 bits per heavy atom. The third kappa shape index (κ3) is 3.20. The molecule has 130 valence electrons. The SMILES string of the molecule is COCC(c1ccccn1)n1ccnc1-c1cc2n(n1)CCCNC2. The van der Waals surface area contributed by atoms with Crippen LogP contribution in [-0.4, -0.2) is 44.6 Å². The monoisotopic (exact) mass is 338 g/mol. The minimum atomic E-state index is -0.0386. The van der Waals surface area contributed by atoms with Crippen molar-refractivity contribution in [1.29, 1.82) is 0 Å². The highest BCUT2D eigenvalue weighted by atomic mass is 16.5. The Morgan fingerprint density at radius 2 is 2.24 bits per heavy atom. The van der Waals surface area contributed by atoms with Crippen LogP contribution in [0.25, 0.3) is 11.5 Å². The van der Waals surface area contributed by atoms with Gasteiger partial charge in [-0.15, -0.1) is 0 Å². The first-order valence-electron chi connectivity index (χ1n) is 8.57. The lowest BCUT2D eigenvalue weighted by molar-refractivity contribution is 0.168. The third-order valence-electron chi connectivity index (χ3n) is 4.48. The average Bonchev–Trinajstić information content (AvgIpc) is 3.22. The third-order valence-corrected chi connectivity index (χ3v) is 4.48. The van der Waals surface area contributed by atoms with Crippen molar-refractivity contribution < 1.29 is 4.74 Å². The second-order valence-electron chi connectivity index (χ2n) is 6.16. The van der Waals surface area contributed by atoms with Crippen molar-refractivity contribution >= 4 is 0 Å². The molecular formula is C18H22N6O. The number of nitrogens with zero attached hydrogens (tertiary/aromatic N) is 5. The van der Waals surface area contributed by atoms with Crippen molar-refractivity contribution in [2.24, 2.45) is 0 Å². The maximum absolute atomic E-state index is 5.45. The van der Waals surface area contributed by atoms with E-state index in [9.17, 15) is 0 Å². The molecule has 1 unspecified atom stereocenters. The van der Waals surface area contributed by atoms with Crippen LogP contribution in [0.1, 0.15) is 23.9 Å². The zero-order valence-electron chi connectivity index (χ0n) is 14.3. The number of aryl methyl sites for hydroxylation is 1. The number of ether oxygens (including phenoxy) is 1. The first-order valence-corrected chi connectivity index (χ1v) is 8.57. The molecule has 0 bridgehead atoms. The van der Waals surface area contributed by atoms with Crippen LogP contribution in [-0.2, 0) is 17.8 Å². The van der Waals surface area contributed by atoms with Crippen LogP contribution < -0.4 is 5.32 Å². The van der Waals surface area contributed by atoms with Gasteiger partial charge in [0.05, 0.1) is 18.0 Å². The number of methoxy groups -OCH3 is 1.